The average Bonchev–Trinajstić information content (AvgIpc) is 3.14. The SMILES string of the molecule is O=C(NCc1ccsc1-n1cccc1)c1csnn1. The fourth-order valence-corrected chi connectivity index (χ4v) is 3.02. The molecule has 96 valence electrons. The van der Waals surface area contributed by atoms with Gasteiger partial charge in [0.05, 0.1) is 0 Å². The first-order valence-electron chi connectivity index (χ1n) is 5.59. The highest BCUT2D eigenvalue weighted by atomic mass is 32.1. The van der Waals surface area contributed by atoms with Gasteiger partial charge in [0.2, 0.25) is 0 Å². The summed E-state index contributed by atoms with van der Waals surface area (Å²) in [7, 11) is 0. The van der Waals surface area contributed by atoms with Crippen LogP contribution in [0.25, 0.3) is 5.00 Å². The van der Waals surface area contributed by atoms with Gasteiger partial charge in [0.15, 0.2) is 5.69 Å². The van der Waals surface area contributed by atoms with E-state index in [1.165, 1.54) is 11.5 Å². The van der Waals surface area contributed by atoms with Crippen molar-refractivity contribution in [3.05, 3.63) is 52.6 Å². The predicted octanol–water partition coefficient (Wildman–Crippen LogP) is 2.32. The third kappa shape index (κ3) is 2.56. The molecule has 1 N–H and O–H groups in total. The minimum atomic E-state index is -0.196. The maximum absolute atomic E-state index is 11.8. The molecule has 5 nitrogen and oxygen atoms in total. The molecule has 3 heterocycles. The topological polar surface area (TPSA) is 59.8 Å². The fraction of sp³-hybridized carbons (Fsp3) is 0.0833. The van der Waals surface area contributed by atoms with Gasteiger partial charge in [-0.3, -0.25) is 4.79 Å². The summed E-state index contributed by atoms with van der Waals surface area (Å²) < 4.78 is 5.71. The van der Waals surface area contributed by atoms with Gasteiger partial charge in [0.1, 0.15) is 5.00 Å². The van der Waals surface area contributed by atoms with E-state index in [9.17, 15) is 4.79 Å². The van der Waals surface area contributed by atoms with Crippen molar-refractivity contribution >= 4 is 28.8 Å². The summed E-state index contributed by atoms with van der Waals surface area (Å²) in [6.07, 6.45) is 3.98. The summed E-state index contributed by atoms with van der Waals surface area (Å²) >= 11 is 2.81. The van der Waals surface area contributed by atoms with Crippen molar-refractivity contribution in [3.8, 4) is 5.00 Å². The van der Waals surface area contributed by atoms with Crippen molar-refractivity contribution in [2.75, 3.05) is 0 Å². The predicted molar refractivity (Wildman–Crippen MR) is 74.7 cm³/mol. The number of nitrogens with one attached hydrogen (secondary N) is 1. The highest BCUT2D eigenvalue weighted by Crippen LogP contribution is 2.21. The lowest BCUT2D eigenvalue weighted by Gasteiger charge is -2.06. The highest BCUT2D eigenvalue weighted by Gasteiger charge is 2.10. The Labute approximate surface area is 117 Å². The van der Waals surface area contributed by atoms with E-state index in [4.69, 9.17) is 0 Å². The molecular weight excluding hydrogens is 280 g/mol. The van der Waals surface area contributed by atoms with Gasteiger partial charge in [0, 0.05) is 29.9 Å². The Hall–Kier alpha value is -1.99. The van der Waals surface area contributed by atoms with Crippen LogP contribution in [0.5, 0.6) is 0 Å². The number of hydrogen-bond donors (Lipinski definition) is 1. The quantitative estimate of drug-likeness (QED) is 0.802. The Bertz CT molecular complexity index is 658. The number of carbonyl (C=O) groups excluding carboxylic acids is 1. The van der Waals surface area contributed by atoms with Crippen LogP contribution in [-0.4, -0.2) is 20.1 Å². The molecule has 0 saturated heterocycles. The van der Waals surface area contributed by atoms with Crippen LogP contribution in [0.2, 0.25) is 0 Å². The molecule has 0 aliphatic rings. The molecule has 3 rings (SSSR count). The van der Waals surface area contributed by atoms with Gasteiger partial charge < -0.3 is 9.88 Å². The molecular formula is C12H10N4OS2. The number of thiophene rings is 1. The molecule has 0 saturated carbocycles. The minimum Gasteiger partial charge on any atom is -0.346 e. The zero-order valence-corrected chi connectivity index (χ0v) is 11.4. The molecule has 0 aliphatic carbocycles. The van der Waals surface area contributed by atoms with Crippen LogP contribution in [0.4, 0.5) is 0 Å². The molecule has 0 bridgehead atoms. The lowest BCUT2D eigenvalue weighted by Crippen LogP contribution is -2.23. The number of carbonyl (C=O) groups is 1. The second kappa shape index (κ2) is 5.33. The molecule has 1 amide bonds. The molecule has 7 heteroatoms. The third-order valence-electron chi connectivity index (χ3n) is 2.59. The van der Waals surface area contributed by atoms with E-state index in [2.05, 4.69) is 14.9 Å². The second-order valence-corrected chi connectivity index (χ2v) is 5.32. The smallest absolute Gasteiger partial charge is 0.273 e. The lowest BCUT2D eigenvalue weighted by molar-refractivity contribution is 0.0946. The molecule has 0 fully saturated rings. The Kier molecular flexibility index (Phi) is 3.39. The first kappa shape index (κ1) is 12.1. The van der Waals surface area contributed by atoms with Crippen LogP contribution in [0.15, 0.2) is 41.4 Å². The van der Waals surface area contributed by atoms with Crippen molar-refractivity contribution in [2.45, 2.75) is 6.54 Å². The normalized spacial score (nSPS) is 10.5. The van der Waals surface area contributed by atoms with Gasteiger partial charge in [-0.25, -0.2) is 0 Å². The Morgan fingerprint density at radius 3 is 2.95 bits per heavy atom. The largest absolute Gasteiger partial charge is 0.346 e. The minimum absolute atomic E-state index is 0.196. The summed E-state index contributed by atoms with van der Waals surface area (Å²) in [6, 6.07) is 5.96. The number of hydrogen-bond acceptors (Lipinski definition) is 5. The van der Waals surface area contributed by atoms with Crippen molar-refractivity contribution < 1.29 is 4.79 Å². The maximum atomic E-state index is 11.8. The molecule has 0 aromatic carbocycles. The van der Waals surface area contributed by atoms with Crippen molar-refractivity contribution in [2.24, 2.45) is 0 Å². The first-order chi connectivity index (χ1) is 9.34. The maximum Gasteiger partial charge on any atom is 0.273 e. The van der Waals surface area contributed by atoms with Crippen molar-refractivity contribution in [3.63, 3.8) is 0 Å². The van der Waals surface area contributed by atoms with Crippen LogP contribution in [0.3, 0.4) is 0 Å². The summed E-state index contributed by atoms with van der Waals surface area (Å²) in [5.41, 5.74) is 1.44. The Balaban J connectivity index is 1.71. The molecule has 3 aromatic rings. The molecule has 0 spiro atoms. The summed E-state index contributed by atoms with van der Waals surface area (Å²) in [4.78, 5) is 11.8. The van der Waals surface area contributed by atoms with Crippen molar-refractivity contribution in [1.29, 1.82) is 0 Å². The average molecular weight is 290 g/mol. The van der Waals surface area contributed by atoms with Gasteiger partial charge in [-0.15, -0.1) is 16.4 Å². The lowest BCUT2D eigenvalue weighted by atomic mass is 10.3. The second-order valence-electron chi connectivity index (χ2n) is 3.81. The molecule has 0 atom stereocenters. The molecule has 19 heavy (non-hydrogen) atoms. The van der Waals surface area contributed by atoms with E-state index in [1.807, 2.05) is 40.5 Å². The molecule has 3 aromatic heterocycles. The van der Waals surface area contributed by atoms with Crippen LogP contribution < -0.4 is 5.32 Å². The van der Waals surface area contributed by atoms with Crippen LogP contribution in [0.1, 0.15) is 16.1 Å². The summed E-state index contributed by atoms with van der Waals surface area (Å²) in [5.74, 6) is -0.196. The number of nitrogens with zero attached hydrogens (tertiary/aromatic N) is 3. The van der Waals surface area contributed by atoms with E-state index in [1.54, 1.807) is 16.7 Å². The van der Waals surface area contributed by atoms with Crippen LogP contribution in [0, 0.1) is 0 Å². The van der Waals surface area contributed by atoms with E-state index < -0.39 is 0 Å². The van der Waals surface area contributed by atoms with E-state index in [0.29, 0.717) is 12.2 Å². The van der Waals surface area contributed by atoms with Crippen molar-refractivity contribution in [1.82, 2.24) is 19.5 Å². The van der Waals surface area contributed by atoms with E-state index in [0.717, 1.165) is 10.6 Å². The van der Waals surface area contributed by atoms with E-state index in [-0.39, 0.29) is 5.91 Å². The Morgan fingerprint density at radius 1 is 1.37 bits per heavy atom. The van der Waals surface area contributed by atoms with Crippen LogP contribution >= 0.6 is 22.9 Å². The number of amides is 1. The van der Waals surface area contributed by atoms with E-state index >= 15 is 0 Å². The van der Waals surface area contributed by atoms with Gasteiger partial charge in [-0.2, -0.15) is 0 Å². The summed E-state index contributed by atoms with van der Waals surface area (Å²) in [6.45, 7) is 0.480. The van der Waals surface area contributed by atoms with Gasteiger partial charge in [-0.1, -0.05) is 4.49 Å². The first-order valence-corrected chi connectivity index (χ1v) is 7.31. The summed E-state index contributed by atoms with van der Waals surface area (Å²) in [5, 5.41) is 11.4. The highest BCUT2D eigenvalue weighted by molar-refractivity contribution is 7.12. The molecule has 0 unspecified atom stereocenters. The zero-order chi connectivity index (χ0) is 13.1. The number of rotatable bonds is 4. The molecule has 0 aliphatic heterocycles. The molecule has 0 radical (unpaired) electrons. The van der Waals surface area contributed by atoms with Crippen LogP contribution in [-0.2, 0) is 6.54 Å². The standard InChI is InChI=1S/C12H10N4OS2/c17-11(10-8-19-15-14-10)13-7-9-3-6-18-12(9)16-4-1-2-5-16/h1-6,8H,7H2,(H,13,17). The van der Waals surface area contributed by atoms with Gasteiger partial charge >= 0.3 is 0 Å². The Morgan fingerprint density at radius 2 is 2.21 bits per heavy atom. The zero-order valence-electron chi connectivity index (χ0n) is 9.81. The van der Waals surface area contributed by atoms with Gasteiger partial charge in [0.25, 0.3) is 5.91 Å². The number of aromatic nitrogens is 3. The third-order valence-corrected chi connectivity index (χ3v) is 4.07. The van der Waals surface area contributed by atoms with Gasteiger partial charge in [-0.05, 0) is 35.1 Å². The fourth-order valence-electron chi connectivity index (χ4n) is 1.69. The monoisotopic (exact) mass is 290 g/mol.